The zero-order chi connectivity index (χ0) is 17.2. The molecule has 0 unspecified atom stereocenters. The molecule has 0 saturated heterocycles. The second-order valence-corrected chi connectivity index (χ2v) is 6.27. The minimum Gasteiger partial charge on any atom is -0.290 e. The Morgan fingerprint density at radius 1 is 0.840 bits per heavy atom. The summed E-state index contributed by atoms with van der Waals surface area (Å²) in [7, 11) is 0. The van der Waals surface area contributed by atoms with Crippen LogP contribution in [0.15, 0.2) is 78.9 Å². The van der Waals surface area contributed by atoms with Crippen LogP contribution >= 0.6 is 0 Å². The molecule has 0 spiro atoms. The Morgan fingerprint density at radius 3 is 2.20 bits per heavy atom. The minimum absolute atomic E-state index is 0.0790. The van der Waals surface area contributed by atoms with Gasteiger partial charge in [0.1, 0.15) is 13.1 Å². The summed E-state index contributed by atoms with van der Waals surface area (Å²) in [5.41, 5.74) is 11.4. The maximum absolute atomic E-state index is 12.6. The van der Waals surface area contributed by atoms with Gasteiger partial charge in [0, 0.05) is 11.1 Å². The summed E-state index contributed by atoms with van der Waals surface area (Å²) in [6, 6.07) is 26.0. The Hall–Kier alpha value is -3.20. The number of carbonyl (C=O) groups is 1. The number of ketones is 1. The van der Waals surface area contributed by atoms with Gasteiger partial charge in [0.2, 0.25) is 5.78 Å². The first-order chi connectivity index (χ1) is 12.2. The number of rotatable bonds is 4. The molecule has 4 rings (SSSR count). The van der Waals surface area contributed by atoms with E-state index in [2.05, 4.69) is 18.2 Å². The predicted molar refractivity (Wildman–Crippen MR) is 99.8 cm³/mol. The van der Waals surface area contributed by atoms with Crippen molar-refractivity contribution < 1.29 is 9.37 Å². The van der Waals surface area contributed by atoms with Crippen LogP contribution in [0.5, 0.6) is 0 Å². The second kappa shape index (κ2) is 6.36. The van der Waals surface area contributed by atoms with E-state index >= 15 is 0 Å². The molecule has 0 atom stereocenters. The van der Waals surface area contributed by atoms with Crippen LogP contribution in [0.25, 0.3) is 11.1 Å². The van der Waals surface area contributed by atoms with Crippen LogP contribution in [0.4, 0.5) is 0 Å². The highest BCUT2D eigenvalue weighted by Gasteiger charge is 2.25. The minimum atomic E-state index is 0.0790. The molecular weight excluding hydrogens is 308 g/mol. The van der Waals surface area contributed by atoms with Crippen LogP contribution in [-0.4, -0.2) is 22.7 Å². The molecule has 3 aromatic rings. The van der Waals surface area contributed by atoms with Crippen LogP contribution in [0.1, 0.15) is 21.5 Å². The number of Topliss-reactive ketones (excluding diaryl/α,β-unsaturated/α-hetero) is 1. The Labute approximate surface area is 147 Å². The van der Waals surface area contributed by atoms with Gasteiger partial charge in [-0.05, 0) is 17.2 Å². The molecule has 122 valence electrons. The molecule has 3 heteroatoms. The number of hydrogen-bond donors (Lipinski definition) is 1. The van der Waals surface area contributed by atoms with Gasteiger partial charge in [-0.1, -0.05) is 72.8 Å². The molecule has 3 nitrogen and oxygen atoms in total. The molecule has 0 bridgehead atoms. The third kappa shape index (κ3) is 2.96. The van der Waals surface area contributed by atoms with E-state index in [0.717, 1.165) is 16.7 Å². The number of amidine groups is 1. The van der Waals surface area contributed by atoms with Crippen LogP contribution in [0.2, 0.25) is 0 Å². The smallest absolute Gasteiger partial charge is 0.276 e. The molecule has 1 aliphatic heterocycles. The van der Waals surface area contributed by atoms with Crippen LogP contribution < -0.4 is 5.73 Å². The molecule has 1 heterocycles. The van der Waals surface area contributed by atoms with Crippen molar-refractivity contribution in [3.05, 3.63) is 95.6 Å². The standard InChI is InChI=1S/C22H18N2O/c23-22-20-9-5-4-8-19(20)14-24(22)15-21(25)18-12-10-17(11-13-18)16-6-2-1-3-7-16/h1-13,23H,14-15H2/p+1. The number of carbonyl (C=O) groups excluding carboxylic acids is 1. The highest BCUT2D eigenvalue weighted by atomic mass is 16.1. The quantitative estimate of drug-likeness (QED) is 0.589. The van der Waals surface area contributed by atoms with Gasteiger partial charge >= 0.3 is 0 Å². The van der Waals surface area contributed by atoms with Gasteiger partial charge in [-0.2, -0.15) is 0 Å². The number of fused-ring (bicyclic) bond motifs is 1. The van der Waals surface area contributed by atoms with Crippen LogP contribution in [-0.2, 0) is 6.54 Å². The summed E-state index contributed by atoms with van der Waals surface area (Å²) in [4.78, 5) is 12.6. The average molecular weight is 327 g/mol. The van der Waals surface area contributed by atoms with E-state index < -0.39 is 0 Å². The van der Waals surface area contributed by atoms with Crippen molar-refractivity contribution in [1.29, 1.82) is 0 Å². The highest BCUT2D eigenvalue weighted by molar-refractivity contribution is 6.00. The van der Waals surface area contributed by atoms with Crippen molar-refractivity contribution in [3.63, 3.8) is 0 Å². The van der Waals surface area contributed by atoms with Crippen molar-refractivity contribution >= 4 is 11.6 Å². The molecule has 25 heavy (non-hydrogen) atoms. The lowest BCUT2D eigenvalue weighted by Crippen LogP contribution is -2.28. The highest BCUT2D eigenvalue weighted by Crippen LogP contribution is 2.20. The Balaban J connectivity index is 1.52. The average Bonchev–Trinajstić information content (AvgIpc) is 2.98. The topological polar surface area (TPSA) is 46.1 Å². The molecule has 0 saturated carbocycles. The third-order valence-corrected chi connectivity index (χ3v) is 4.64. The van der Waals surface area contributed by atoms with Gasteiger partial charge in [0.15, 0.2) is 0 Å². The molecule has 0 aromatic heterocycles. The van der Waals surface area contributed by atoms with E-state index in [0.29, 0.717) is 24.5 Å². The maximum Gasteiger partial charge on any atom is 0.276 e. The molecule has 0 radical (unpaired) electrons. The van der Waals surface area contributed by atoms with Crippen molar-refractivity contribution in [2.45, 2.75) is 6.54 Å². The van der Waals surface area contributed by atoms with Gasteiger partial charge in [-0.15, -0.1) is 0 Å². The molecule has 0 aliphatic carbocycles. The van der Waals surface area contributed by atoms with E-state index in [1.807, 2.05) is 65.2 Å². The first-order valence-electron chi connectivity index (χ1n) is 8.37. The van der Waals surface area contributed by atoms with E-state index in [4.69, 9.17) is 5.73 Å². The van der Waals surface area contributed by atoms with E-state index in [-0.39, 0.29) is 5.78 Å². The van der Waals surface area contributed by atoms with Crippen molar-refractivity contribution in [2.75, 3.05) is 6.54 Å². The fourth-order valence-corrected chi connectivity index (χ4v) is 3.25. The molecule has 0 fully saturated rings. The SMILES string of the molecule is NC1=[N+](CC(=O)c2ccc(-c3ccccc3)cc2)Cc2ccccc21. The fraction of sp³-hybridized carbons (Fsp3) is 0.0909. The molecular formula is C22H19N2O+. The Bertz CT molecular complexity index is 957. The first-order valence-corrected chi connectivity index (χ1v) is 8.37. The van der Waals surface area contributed by atoms with Gasteiger partial charge < -0.3 is 0 Å². The summed E-state index contributed by atoms with van der Waals surface area (Å²) in [5, 5.41) is 0. The lowest BCUT2D eigenvalue weighted by Gasteiger charge is -2.05. The summed E-state index contributed by atoms with van der Waals surface area (Å²) in [5.74, 6) is 0.764. The van der Waals surface area contributed by atoms with Crippen LogP contribution in [0, 0.1) is 0 Å². The summed E-state index contributed by atoms with van der Waals surface area (Å²) < 4.78 is 1.94. The first kappa shape index (κ1) is 15.3. The molecule has 1 aliphatic rings. The monoisotopic (exact) mass is 327 g/mol. The second-order valence-electron chi connectivity index (χ2n) is 6.27. The Morgan fingerprint density at radius 2 is 1.48 bits per heavy atom. The van der Waals surface area contributed by atoms with Crippen molar-refractivity contribution in [3.8, 4) is 11.1 Å². The van der Waals surface area contributed by atoms with Crippen molar-refractivity contribution in [2.24, 2.45) is 5.73 Å². The normalized spacial score (nSPS) is 13.0. The maximum atomic E-state index is 12.6. The molecule has 2 N–H and O–H groups in total. The summed E-state index contributed by atoms with van der Waals surface area (Å²) >= 11 is 0. The number of hydrogen-bond acceptors (Lipinski definition) is 2. The van der Waals surface area contributed by atoms with E-state index in [1.54, 1.807) is 0 Å². The number of benzene rings is 3. The van der Waals surface area contributed by atoms with Crippen molar-refractivity contribution in [1.82, 2.24) is 0 Å². The lowest BCUT2D eigenvalue weighted by molar-refractivity contribution is -0.526. The third-order valence-electron chi connectivity index (χ3n) is 4.64. The Kier molecular flexibility index (Phi) is 3.90. The van der Waals surface area contributed by atoms with E-state index in [9.17, 15) is 4.79 Å². The largest absolute Gasteiger partial charge is 0.290 e. The fourth-order valence-electron chi connectivity index (χ4n) is 3.25. The van der Waals surface area contributed by atoms with E-state index in [1.165, 1.54) is 5.56 Å². The van der Waals surface area contributed by atoms with Gasteiger partial charge in [-0.25, -0.2) is 4.58 Å². The van der Waals surface area contributed by atoms with Gasteiger partial charge in [-0.3, -0.25) is 10.5 Å². The van der Waals surface area contributed by atoms with Gasteiger partial charge in [0.05, 0.1) is 5.56 Å². The van der Waals surface area contributed by atoms with Crippen LogP contribution in [0.3, 0.4) is 0 Å². The van der Waals surface area contributed by atoms with Gasteiger partial charge in [0.25, 0.3) is 5.84 Å². The number of nitrogens with zero attached hydrogens (tertiary/aromatic N) is 1. The summed E-state index contributed by atoms with van der Waals surface area (Å²) in [6.45, 7) is 0.987. The zero-order valence-electron chi connectivity index (χ0n) is 13.9. The lowest BCUT2D eigenvalue weighted by atomic mass is 10.0. The number of nitrogens with two attached hydrogens (primary N) is 1. The predicted octanol–water partition coefficient (Wildman–Crippen LogP) is 3.47. The zero-order valence-corrected chi connectivity index (χ0v) is 13.9. The molecule has 0 amide bonds. The molecule has 3 aromatic carbocycles. The summed E-state index contributed by atoms with van der Waals surface area (Å²) in [6.07, 6.45) is 0.